The van der Waals surface area contributed by atoms with Crippen molar-refractivity contribution in [3.8, 4) is 11.5 Å². The molecule has 0 heterocycles. The normalized spacial score (nSPS) is 10.1. The van der Waals surface area contributed by atoms with Crippen molar-refractivity contribution >= 4 is 24.2 Å². The lowest BCUT2D eigenvalue weighted by atomic mass is 10.1. The first-order valence-electron chi connectivity index (χ1n) is 5.57. The summed E-state index contributed by atoms with van der Waals surface area (Å²) in [6.45, 7) is 3.90. The highest BCUT2D eigenvalue weighted by atomic mass is 32.1. The van der Waals surface area contributed by atoms with Gasteiger partial charge in [-0.3, -0.25) is 4.79 Å². The molecule has 0 N–H and O–H groups in total. The second-order valence-corrected chi connectivity index (χ2v) is 4.31. The molecule has 0 spiro atoms. The van der Waals surface area contributed by atoms with Crippen LogP contribution in [0.4, 0.5) is 5.69 Å². The average Bonchev–Trinajstić information content (AvgIpc) is 2.39. The van der Waals surface area contributed by atoms with Crippen LogP contribution in [-0.4, -0.2) is 32.9 Å². The smallest absolute Gasteiger partial charge is 0.236 e. The first kappa shape index (κ1) is 14.7. The van der Waals surface area contributed by atoms with E-state index in [9.17, 15) is 4.79 Å². The molecule has 0 aromatic heterocycles. The zero-order valence-corrected chi connectivity index (χ0v) is 12.3. The van der Waals surface area contributed by atoms with Crippen LogP contribution in [0.3, 0.4) is 0 Å². The minimum Gasteiger partial charge on any atom is -0.496 e. The van der Waals surface area contributed by atoms with Gasteiger partial charge in [-0.1, -0.05) is 0 Å². The van der Waals surface area contributed by atoms with Gasteiger partial charge in [0.2, 0.25) is 5.91 Å². The van der Waals surface area contributed by atoms with Crippen LogP contribution in [0.15, 0.2) is 6.07 Å². The lowest BCUT2D eigenvalue weighted by Crippen LogP contribution is -2.28. The molecule has 0 aliphatic heterocycles. The molecule has 0 aliphatic rings. The van der Waals surface area contributed by atoms with Crippen LogP contribution in [0.5, 0.6) is 11.5 Å². The maximum Gasteiger partial charge on any atom is 0.236 e. The summed E-state index contributed by atoms with van der Waals surface area (Å²) in [6, 6.07) is 1.81. The molecule has 0 fully saturated rings. The molecule has 0 saturated heterocycles. The van der Waals surface area contributed by atoms with Crippen molar-refractivity contribution in [1.82, 2.24) is 0 Å². The van der Waals surface area contributed by atoms with E-state index in [2.05, 4.69) is 12.6 Å². The number of benzene rings is 1. The molecule has 18 heavy (non-hydrogen) atoms. The Hall–Kier alpha value is -1.36. The maximum absolute atomic E-state index is 11.7. The predicted octanol–water partition coefficient (Wildman–Crippen LogP) is 2.21. The standard InChI is InChI=1S/C13H19NO3S/c1-8-9(2)13(17-5)10(6-11(8)16-4)14(3)12(15)7-18/h6,18H,7H2,1-5H3. The number of anilines is 1. The fourth-order valence-corrected chi connectivity index (χ4v) is 2.02. The van der Waals surface area contributed by atoms with E-state index in [4.69, 9.17) is 9.47 Å². The first-order chi connectivity index (χ1) is 8.47. The van der Waals surface area contributed by atoms with Gasteiger partial charge in [0.05, 0.1) is 25.7 Å². The number of carbonyl (C=O) groups excluding carboxylic acids is 1. The lowest BCUT2D eigenvalue weighted by Gasteiger charge is -2.23. The molecule has 1 amide bonds. The van der Waals surface area contributed by atoms with Crippen molar-refractivity contribution in [3.05, 3.63) is 17.2 Å². The summed E-state index contributed by atoms with van der Waals surface area (Å²) in [4.78, 5) is 13.3. The van der Waals surface area contributed by atoms with Gasteiger partial charge >= 0.3 is 0 Å². The molecule has 0 unspecified atom stereocenters. The molecule has 0 radical (unpaired) electrons. The number of carbonyl (C=O) groups is 1. The van der Waals surface area contributed by atoms with Crippen LogP contribution in [0.2, 0.25) is 0 Å². The van der Waals surface area contributed by atoms with Crippen LogP contribution < -0.4 is 14.4 Å². The topological polar surface area (TPSA) is 38.8 Å². The molecule has 100 valence electrons. The monoisotopic (exact) mass is 269 g/mol. The number of methoxy groups -OCH3 is 2. The van der Waals surface area contributed by atoms with Gasteiger partial charge < -0.3 is 14.4 Å². The van der Waals surface area contributed by atoms with E-state index in [0.717, 1.165) is 16.9 Å². The van der Waals surface area contributed by atoms with Gasteiger partial charge in [-0.25, -0.2) is 0 Å². The van der Waals surface area contributed by atoms with E-state index in [0.29, 0.717) is 11.4 Å². The average molecular weight is 269 g/mol. The number of nitrogens with zero attached hydrogens (tertiary/aromatic N) is 1. The van der Waals surface area contributed by atoms with Crippen LogP contribution >= 0.6 is 12.6 Å². The van der Waals surface area contributed by atoms with Crippen LogP contribution in [0, 0.1) is 13.8 Å². The van der Waals surface area contributed by atoms with Crippen molar-refractivity contribution in [2.24, 2.45) is 0 Å². The highest BCUT2D eigenvalue weighted by molar-refractivity contribution is 7.81. The van der Waals surface area contributed by atoms with Crippen molar-refractivity contribution in [3.63, 3.8) is 0 Å². The van der Waals surface area contributed by atoms with E-state index < -0.39 is 0 Å². The summed E-state index contributed by atoms with van der Waals surface area (Å²) in [7, 11) is 4.90. The fraction of sp³-hybridized carbons (Fsp3) is 0.462. The van der Waals surface area contributed by atoms with Gasteiger partial charge in [0.25, 0.3) is 0 Å². The van der Waals surface area contributed by atoms with E-state index >= 15 is 0 Å². The van der Waals surface area contributed by atoms with Gasteiger partial charge in [0, 0.05) is 13.1 Å². The molecule has 5 heteroatoms. The molecule has 0 aliphatic carbocycles. The number of ether oxygens (including phenoxy) is 2. The van der Waals surface area contributed by atoms with E-state index in [1.54, 1.807) is 21.3 Å². The Balaban J connectivity index is 3.42. The lowest BCUT2D eigenvalue weighted by molar-refractivity contribution is -0.115. The van der Waals surface area contributed by atoms with Crippen LogP contribution in [0.25, 0.3) is 0 Å². The quantitative estimate of drug-likeness (QED) is 0.852. The Bertz CT molecular complexity index is 460. The number of hydrogen-bond donors (Lipinski definition) is 1. The third kappa shape index (κ3) is 2.56. The molecule has 1 aromatic carbocycles. The first-order valence-corrected chi connectivity index (χ1v) is 6.20. The van der Waals surface area contributed by atoms with E-state index in [-0.39, 0.29) is 11.7 Å². The number of rotatable bonds is 4. The molecular weight excluding hydrogens is 250 g/mol. The van der Waals surface area contributed by atoms with Crippen LogP contribution in [0.1, 0.15) is 11.1 Å². The summed E-state index contributed by atoms with van der Waals surface area (Å²) in [5.41, 5.74) is 2.66. The van der Waals surface area contributed by atoms with Crippen molar-refractivity contribution in [2.45, 2.75) is 13.8 Å². The zero-order valence-electron chi connectivity index (χ0n) is 11.4. The van der Waals surface area contributed by atoms with Gasteiger partial charge in [-0.2, -0.15) is 12.6 Å². The predicted molar refractivity (Wildman–Crippen MR) is 76.3 cm³/mol. The number of amides is 1. The third-order valence-corrected chi connectivity index (χ3v) is 3.34. The highest BCUT2D eigenvalue weighted by Gasteiger charge is 2.19. The summed E-state index contributed by atoms with van der Waals surface area (Å²) in [5, 5.41) is 0. The Labute approximate surface area is 113 Å². The summed E-state index contributed by atoms with van der Waals surface area (Å²) in [5.74, 6) is 1.48. The fourth-order valence-electron chi connectivity index (χ4n) is 1.80. The van der Waals surface area contributed by atoms with Crippen LogP contribution in [-0.2, 0) is 4.79 Å². The second-order valence-electron chi connectivity index (χ2n) is 3.99. The van der Waals surface area contributed by atoms with Gasteiger partial charge in [0.15, 0.2) is 0 Å². The highest BCUT2D eigenvalue weighted by Crippen LogP contribution is 2.38. The summed E-state index contributed by atoms with van der Waals surface area (Å²) >= 11 is 4.00. The van der Waals surface area contributed by atoms with E-state index in [1.165, 1.54) is 4.90 Å². The Morgan fingerprint density at radius 2 is 1.89 bits per heavy atom. The number of hydrogen-bond acceptors (Lipinski definition) is 4. The van der Waals surface area contributed by atoms with Crippen molar-refractivity contribution in [2.75, 3.05) is 31.9 Å². The molecule has 0 saturated carbocycles. The second kappa shape index (κ2) is 6.00. The molecular formula is C13H19NO3S. The molecule has 1 aromatic rings. The van der Waals surface area contributed by atoms with Gasteiger partial charge in [-0.15, -0.1) is 0 Å². The minimum atomic E-state index is -0.0954. The minimum absolute atomic E-state index is 0.0954. The summed E-state index contributed by atoms with van der Waals surface area (Å²) < 4.78 is 10.7. The summed E-state index contributed by atoms with van der Waals surface area (Å²) in [6.07, 6.45) is 0. The molecule has 1 rings (SSSR count). The maximum atomic E-state index is 11.7. The molecule has 0 atom stereocenters. The van der Waals surface area contributed by atoms with Gasteiger partial charge in [0.1, 0.15) is 11.5 Å². The van der Waals surface area contributed by atoms with Crippen molar-refractivity contribution < 1.29 is 14.3 Å². The van der Waals surface area contributed by atoms with Crippen molar-refractivity contribution in [1.29, 1.82) is 0 Å². The van der Waals surface area contributed by atoms with Gasteiger partial charge in [-0.05, 0) is 25.0 Å². The third-order valence-electron chi connectivity index (χ3n) is 3.07. The Kier molecular flexibility index (Phi) is 4.90. The largest absolute Gasteiger partial charge is 0.496 e. The molecule has 4 nitrogen and oxygen atoms in total. The number of thiol groups is 1. The van der Waals surface area contributed by atoms with E-state index in [1.807, 2.05) is 19.9 Å². The molecule has 0 bridgehead atoms. The Morgan fingerprint density at radius 1 is 1.28 bits per heavy atom. The SMILES string of the molecule is COc1cc(N(C)C(=O)CS)c(OC)c(C)c1C. The zero-order chi connectivity index (χ0) is 13.9. The Morgan fingerprint density at radius 3 is 2.33 bits per heavy atom.